The number of para-hydroxylation sites is 1. The lowest BCUT2D eigenvalue weighted by atomic mass is 9.91. The molecule has 2 aromatic rings. The largest absolute Gasteiger partial charge is 0.534 e. The molecule has 0 N–H and O–H groups in total. The summed E-state index contributed by atoms with van der Waals surface area (Å²) in [6.45, 7) is 4.25. The second kappa shape index (κ2) is 12.4. The van der Waals surface area contributed by atoms with Gasteiger partial charge < -0.3 is 13.7 Å². The van der Waals surface area contributed by atoms with E-state index in [0.29, 0.717) is 18.4 Å². The first-order valence-corrected chi connectivity index (χ1v) is 11.3. The van der Waals surface area contributed by atoms with Gasteiger partial charge in [0.1, 0.15) is 17.2 Å². The first kappa shape index (κ1) is 26.6. The number of alkyl halides is 3. The molecule has 1 aliphatic rings. The average molecular weight is 463 g/mol. The van der Waals surface area contributed by atoms with Crippen LogP contribution in [0.15, 0.2) is 42.5 Å². The van der Waals surface area contributed by atoms with Gasteiger partial charge in [0.15, 0.2) is 0 Å². The first-order valence-electron chi connectivity index (χ1n) is 9.89. The Labute approximate surface area is 182 Å². The van der Waals surface area contributed by atoms with E-state index in [2.05, 4.69) is 18.0 Å². The highest BCUT2D eigenvalue weighted by atomic mass is 32.2. The molecule has 0 saturated carbocycles. The summed E-state index contributed by atoms with van der Waals surface area (Å²) < 4.78 is 73.6. The molecular weight excluding hydrogens is 433 g/mol. The predicted octanol–water partition coefficient (Wildman–Crippen LogP) is 5.91. The number of fused-ring (bicyclic) bond motifs is 1. The molecule has 0 atom stereocenters. The fourth-order valence-electron chi connectivity index (χ4n) is 2.71. The number of ether oxygens (including phenoxy) is 2. The Hall–Kier alpha value is -2.42. The highest BCUT2D eigenvalue weighted by Gasteiger charge is 2.49. The van der Waals surface area contributed by atoms with Crippen LogP contribution in [0.4, 0.5) is 13.2 Å². The molecule has 1 aliphatic carbocycles. The van der Waals surface area contributed by atoms with Crippen molar-refractivity contribution in [2.45, 2.75) is 51.5 Å². The van der Waals surface area contributed by atoms with Gasteiger partial charge in [-0.2, -0.15) is 21.6 Å². The molecule has 5 nitrogen and oxygen atoms in total. The summed E-state index contributed by atoms with van der Waals surface area (Å²) in [6, 6.07) is 12.6. The molecule has 0 radical (unpaired) electrons. The highest BCUT2D eigenvalue weighted by Crippen LogP contribution is 2.36. The summed E-state index contributed by atoms with van der Waals surface area (Å²) in [4.78, 5) is 0. The van der Waals surface area contributed by atoms with Gasteiger partial charge in [-0.05, 0) is 55.0 Å². The molecule has 0 heterocycles. The van der Waals surface area contributed by atoms with Gasteiger partial charge in [0.25, 0.3) is 0 Å². The van der Waals surface area contributed by atoms with Crippen molar-refractivity contribution in [3.05, 3.63) is 53.6 Å². The molecule has 0 spiro atoms. The number of aryl methyl sites for hydroxylation is 1. The van der Waals surface area contributed by atoms with Gasteiger partial charge in [-0.25, -0.2) is 0 Å². The summed E-state index contributed by atoms with van der Waals surface area (Å²) in [5, 5.41) is 0. The van der Waals surface area contributed by atoms with Crippen LogP contribution in [0.3, 0.4) is 0 Å². The Balaban J connectivity index is 0.000000361. The summed E-state index contributed by atoms with van der Waals surface area (Å²) in [5.41, 5.74) is -4.18. The van der Waals surface area contributed by atoms with E-state index >= 15 is 0 Å². The average Bonchev–Trinajstić information content (AvgIpc) is 2.74. The zero-order valence-corrected chi connectivity index (χ0v) is 19.0. The van der Waals surface area contributed by atoms with Crippen molar-refractivity contribution in [3.8, 4) is 17.2 Å². The van der Waals surface area contributed by atoms with E-state index in [-0.39, 0.29) is 11.5 Å². The van der Waals surface area contributed by atoms with E-state index in [1.165, 1.54) is 19.6 Å². The van der Waals surface area contributed by atoms with Crippen molar-refractivity contribution in [2.24, 2.45) is 0 Å². The lowest BCUT2D eigenvalue weighted by molar-refractivity contribution is -0.0500. The van der Waals surface area contributed by atoms with E-state index in [4.69, 9.17) is 9.47 Å². The van der Waals surface area contributed by atoms with Crippen LogP contribution in [0.1, 0.15) is 44.2 Å². The number of hydrogen-bond acceptors (Lipinski definition) is 5. The molecule has 0 aliphatic heterocycles. The Kier molecular flexibility index (Phi) is 10.7. The molecule has 0 amide bonds. The van der Waals surface area contributed by atoms with E-state index < -0.39 is 15.6 Å². The maximum absolute atomic E-state index is 12.4. The van der Waals surface area contributed by atoms with Crippen molar-refractivity contribution in [1.82, 2.24) is 0 Å². The minimum absolute atomic E-state index is 0.276. The summed E-state index contributed by atoms with van der Waals surface area (Å²) in [5.74, 6) is 0.891. The van der Waals surface area contributed by atoms with Crippen LogP contribution >= 0.6 is 0 Å². The second-order valence-electron chi connectivity index (χ2n) is 6.68. The van der Waals surface area contributed by atoms with Crippen LogP contribution in [-0.4, -0.2) is 28.1 Å². The van der Waals surface area contributed by atoms with Gasteiger partial charge in [-0.1, -0.05) is 38.5 Å². The fraction of sp³-hybridized carbons (Fsp3) is 0.455. The van der Waals surface area contributed by atoms with Crippen LogP contribution in [0.25, 0.3) is 0 Å². The molecule has 2 aromatic carbocycles. The molecule has 3 rings (SSSR count). The van der Waals surface area contributed by atoms with Crippen molar-refractivity contribution in [3.63, 3.8) is 0 Å². The lowest BCUT2D eigenvalue weighted by Gasteiger charge is -2.20. The monoisotopic (exact) mass is 462 g/mol. The van der Waals surface area contributed by atoms with Crippen molar-refractivity contribution in [2.75, 3.05) is 14.2 Å². The number of halogens is 3. The van der Waals surface area contributed by atoms with Crippen LogP contribution < -0.4 is 13.7 Å². The maximum Gasteiger partial charge on any atom is 0.534 e. The SMILES string of the molecule is CCC.COc1cc2c(c(OS(=O)(=O)C(F)(F)F)c1)CCCC2.COc1ccccc1. The van der Waals surface area contributed by atoms with Crippen LogP contribution in [-0.2, 0) is 23.0 Å². The fourth-order valence-corrected chi connectivity index (χ4v) is 3.19. The van der Waals surface area contributed by atoms with Gasteiger partial charge in [-0.3, -0.25) is 0 Å². The standard InChI is InChI=1S/C12H13F3O4S.C7H8O.C3H8/c1-18-9-6-8-4-2-3-5-10(8)11(7-9)19-20(16,17)12(13,14)15;1-8-7-5-3-2-4-6-7;1-3-2/h6-7H,2-5H2,1H3;2-6H,1H3;3H2,1-2H3. The molecule has 31 heavy (non-hydrogen) atoms. The number of methoxy groups -OCH3 is 2. The smallest absolute Gasteiger partial charge is 0.497 e. The lowest BCUT2D eigenvalue weighted by Crippen LogP contribution is -2.28. The second-order valence-corrected chi connectivity index (χ2v) is 8.22. The number of hydrogen-bond donors (Lipinski definition) is 0. The molecule has 0 aromatic heterocycles. The molecule has 0 fully saturated rings. The van der Waals surface area contributed by atoms with E-state index in [0.717, 1.165) is 24.2 Å². The minimum atomic E-state index is -5.66. The Bertz CT molecular complexity index is 897. The summed E-state index contributed by atoms with van der Waals surface area (Å²) >= 11 is 0. The molecule has 9 heteroatoms. The zero-order chi connectivity index (χ0) is 23.5. The Morgan fingerprint density at radius 1 is 0.903 bits per heavy atom. The topological polar surface area (TPSA) is 61.8 Å². The first-order chi connectivity index (χ1) is 14.6. The Morgan fingerprint density at radius 2 is 1.45 bits per heavy atom. The predicted molar refractivity (Wildman–Crippen MR) is 114 cm³/mol. The third kappa shape index (κ3) is 8.32. The quantitative estimate of drug-likeness (QED) is 0.417. The highest BCUT2D eigenvalue weighted by molar-refractivity contribution is 7.88. The maximum atomic E-state index is 12.4. The van der Waals surface area contributed by atoms with E-state index in [1.54, 1.807) is 13.2 Å². The normalized spacial score (nSPS) is 12.9. The molecular formula is C22H29F3O5S. The van der Waals surface area contributed by atoms with Gasteiger partial charge in [0, 0.05) is 6.07 Å². The van der Waals surface area contributed by atoms with Gasteiger partial charge in [-0.15, -0.1) is 0 Å². The molecule has 0 unspecified atom stereocenters. The molecule has 0 saturated heterocycles. The third-order valence-electron chi connectivity index (χ3n) is 4.10. The summed E-state index contributed by atoms with van der Waals surface area (Å²) in [7, 11) is -2.65. The third-order valence-corrected chi connectivity index (χ3v) is 5.06. The van der Waals surface area contributed by atoms with Crippen LogP contribution in [0, 0.1) is 0 Å². The molecule has 0 bridgehead atoms. The van der Waals surface area contributed by atoms with Crippen molar-refractivity contribution in [1.29, 1.82) is 0 Å². The van der Waals surface area contributed by atoms with Crippen molar-refractivity contribution >= 4 is 10.1 Å². The van der Waals surface area contributed by atoms with Crippen LogP contribution in [0.5, 0.6) is 17.2 Å². The number of rotatable bonds is 4. The van der Waals surface area contributed by atoms with Crippen LogP contribution in [0.2, 0.25) is 0 Å². The summed E-state index contributed by atoms with van der Waals surface area (Å²) in [6.07, 6.45) is 4.07. The van der Waals surface area contributed by atoms with E-state index in [9.17, 15) is 21.6 Å². The Morgan fingerprint density at radius 3 is 1.94 bits per heavy atom. The van der Waals surface area contributed by atoms with Gasteiger partial charge in [0.05, 0.1) is 14.2 Å². The van der Waals surface area contributed by atoms with Crippen molar-refractivity contribution < 1.29 is 35.2 Å². The molecule has 174 valence electrons. The van der Waals surface area contributed by atoms with Gasteiger partial charge in [0.2, 0.25) is 0 Å². The van der Waals surface area contributed by atoms with E-state index in [1.807, 2.05) is 30.3 Å². The minimum Gasteiger partial charge on any atom is -0.497 e. The zero-order valence-electron chi connectivity index (χ0n) is 18.2. The number of benzene rings is 2. The van der Waals surface area contributed by atoms with Gasteiger partial charge >= 0.3 is 15.6 Å².